The Bertz CT molecular complexity index is 970. The maximum atomic E-state index is 12.5. The van der Waals surface area contributed by atoms with E-state index < -0.39 is 0 Å². The van der Waals surface area contributed by atoms with Crippen LogP contribution in [-0.2, 0) is 4.79 Å². The van der Waals surface area contributed by atoms with Gasteiger partial charge in [0, 0.05) is 42.5 Å². The highest BCUT2D eigenvalue weighted by atomic mass is 35.5. The number of piperazine rings is 1. The minimum Gasteiger partial charge on any atom is -0.508 e. The number of hydrogen-bond acceptors (Lipinski definition) is 7. The number of carbonyl (C=O) groups excluding carboxylic acids is 1. The number of amides is 1. The van der Waals surface area contributed by atoms with E-state index in [4.69, 9.17) is 16.0 Å². The largest absolute Gasteiger partial charge is 0.508 e. The van der Waals surface area contributed by atoms with Crippen LogP contribution in [-0.4, -0.2) is 58.0 Å². The Balaban J connectivity index is 1.27. The summed E-state index contributed by atoms with van der Waals surface area (Å²) in [7, 11) is 0. The Labute approximate surface area is 177 Å². The number of phenols is 1. The van der Waals surface area contributed by atoms with Crippen molar-refractivity contribution in [3.05, 3.63) is 53.6 Å². The Morgan fingerprint density at radius 3 is 2.41 bits per heavy atom. The van der Waals surface area contributed by atoms with Crippen LogP contribution in [0.25, 0.3) is 11.5 Å². The number of anilines is 1. The standard InChI is InChI=1S/C20H19ClN4O3S/c21-15-3-1-14(2-4-15)19-22-23-20(28-19)29-13-18(27)25-11-9-24(10-12-25)16-5-7-17(26)8-6-16/h1-8,26H,9-13H2. The Hall–Kier alpha value is -2.71. The molecule has 0 spiro atoms. The highest BCUT2D eigenvalue weighted by Crippen LogP contribution is 2.25. The van der Waals surface area contributed by atoms with Gasteiger partial charge in [-0.2, -0.15) is 0 Å². The number of nitrogens with zero attached hydrogens (tertiary/aromatic N) is 4. The lowest BCUT2D eigenvalue weighted by Crippen LogP contribution is -2.49. The number of benzene rings is 2. The van der Waals surface area contributed by atoms with Crippen LogP contribution in [0.3, 0.4) is 0 Å². The molecule has 9 heteroatoms. The maximum Gasteiger partial charge on any atom is 0.277 e. The number of halogens is 1. The van der Waals surface area contributed by atoms with Gasteiger partial charge in [0.15, 0.2) is 0 Å². The molecular formula is C20H19ClN4O3S. The SMILES string of the molecule is O=C(CSc1nnc(-c2ccc(Cl)cc2)o1)N1CCN(c2ccc(O)cc2)CC1. The van der Waals surface area contributed by atoms with Gasteiger partial charge in [-0.25, -0.2) is 0 Å². The van der Waals surface area contributed by atoms with Gasteiger partial charge in [-0.3, -0.25) is 4.79 Å². The highest BCUT2D eigenvalue weighted by Gasteiger charge is 2.22. The topological polar surface area (TPSA) is 82.7 Å². The monoisotopic (exact) mass is 430 g/mol. The first-order chi connectivity index (χ1) is 14.1. The molecule has 1 saturated heterocycles. The molecule has 2 heterocycles. The van der Waals surface area contributed by atoms with Gasteiger partial charge in [-0.15, -0.1) is 10.2 Å². The van der Waals surface area contributed by atoms with Crippen LogP contribution >= 0.6 is 23.4 Å². The van der Waals surface area contributed by atoms with E-state index in [2.05, 4.69) is 15.1 Å². The van der Waals surface area contributed by atoms with Gasteiger partial charge in [0.1, 0.15) is 5.75 Å². The predicted octanol–water partition coefficient (Wildman–Crippen LogP) is 3.54. The number of carbonyl (C=O) groups is 1. The number of aromatic hydroxyl groups is 1. The molecule has 29 heavy (non-hydrogen) atoms. The second-order valence-corrected chi connectivity index (χ2v) is 7.92. The first-order valence-electron chi connectivity index (χ1n) is 9.12. The Morgan fingerprint density at radius 1 is 1.03 bits per heavy atom. The predicted molar refractivity (Wildman–Crippen MR) is 112 cm³/mol. The van der Waals surface area contributed by atoms with Crippen molar-refractivity contribution in [1.29, 1.82) is 0 Å². The van der Waals surface area contributed by atoms with Crippen LogP contribution in [0, 0.1) is 0 Å². The normalized spacial score (nSPS) is 14.2. The van der Waals surface area contributed by atoms with E-state index in [0.29, 0.717) is 29.2 Å². The second kappa shape index (κ2) is 8.75. The Morgan fingerprint density at radius 2 is 1.72 bits per heavy atom. The van der Waals surface area contributed by atoms with E-state index in [9.17, 15) is 9.90 Å². The van der Waals surface area contributed by atoms with Gasteiger partial charge in [0.25, 0.3) is 5.22 Å². The van der Waals surface area contributed by atoms with Gasteiger partial charge < -0.3 is 19.3 Å². The van der Waals surface area contributed by atoms with Crippen molar-refractivity contribution in [1.82, 2.24) is 15.1 Å². The third-order valence-electron chi connectivity index (χ3n) is 4.66. The average molecular weight is 431 g/mol. The molecule has 3 aromatic rings. The fourth-order valence-electron chi connectivity index (χ4n) is 3.07. The van der Waals surface area contributed by atoms with Crippen LogP contribution in [0.2, 0.25) is 5.02 Å². The first-order valence-corrected chi connectivity index (χ1v) is 10.5. The summed E-state index contributed by atoms with van der Waals surface area (Å²) in [6.07, 6.45) is 0. The van der Waals surface area contributed by atoms with Gasteiger partial charge >= 0.3 is 0 Å². The summed E-state index contributed by atoms with van der Waals surface area (Å²) >= 11 is 7.13. The summed E-state index contributed by atoms with van der Waals surface area (Å²) in [4.78, 5) is 16.6. The van der Waals surface area contributed by atoms with E-state index in [1.807, 2.05) is 29.2 Å². The molecule has 0 bridgehead atoms. The van der Waals surface area contributed by atoms with E-state index >= 15 is 0 Å². The fraction of sp³-hybridized carbons (Fsp3) is 0.250. The molecule has 0 radical (unpaired) electrons. The molecule has 0 unspecified atom stereocenters. The zero-order valence-electron chi connectivity index (χ0n) is 15.5. The van der Waals surface area contributed by atoms with E-state index in [0.717, 1.165) is 24.3 Å². The summed E-state index contributed by atoms with van der Waals surface area (Å²) in [5.41, 5.74) is 1.83. The number of phenolic OH excluding ortho intramolecular Hbond substituents is 1. The summed E-state index contributed by atoms with van der Waals surface area (Å²) in [6.45, 7) is 2.81. The summed E-state index contributed by atoms with van der Waals surface area (Å²) < 4.78 is 5.63. The number of aromatic nitrogens is 2. The van der Waals surface area contributed by atoms with Crippen LogP contribution in [0.15, 0.2) is 58.2 Å². The summed E-state index contributed by atoms with van der Waals surface area (Å²) in [6, 6.07) is 14.3. The zero-order valence-corrected chi connectivity index (χ0v) is 17.1. The van der Waals surface area contributed by atoms with E-state index in [1.54, 1.807) is 24.3 Å². The quantitative estimate of drug-likeness (QED) is 0.620. The molecule has 1 fully saturated rings. The Kier molecular flexibility index (Phi) is 5.92. The molecule has 1 N–H and O–H groups in total. The molecule has 4 rings (SSSR count). The van der Waals surface area contributed by atoms with Crippen molar-refractivity contribution in [3.8, 4) is 17.2 Å². The van der Waals surface area contributed by atoms with Crippen molar-refractivity contribution in [2.45, 2.75) is 5.22 Å². The molecule has 1 aliphatic rings. The molecule has 150 valence electrons. The fourth-order valence-corrected chi connectivity index (χ4v) is 3.86. The molecule has 1 aromatic heterocycles. The second-order valence-electron chi connectivity index (χ2n) is 6.55. The number of thioether (sulfide) groups is 1. The number of rotatable bonds is 5. The van der Waals surface area contributed by atoms with Crippen molar-refractivity contribution in [3.63, 3.8) is 0 Å². The van der Waals surface area contributed by atoms with Crippen molar-refractivity contribution >= 4 is 35.0 Å². The third-order valence-corrected chi connectivity index (χ3v) is 5.72. The molecule has 0 aliphatic carbocycles. The lowest BCUT2D eigenvalue weighted by atomic mass is 10.2. The lowest BCUT2D eigenvalue weighted by Gasteiger charge is -2.36. The first kappa shape index (κ1) is 19.6. The molecule has 0 atom stereocenters. The molecule has 1 aliphatic heterocycles. The van der Waals surface area contributed by atoms with Crippen molar-refractivity contribution < 1.29 is 14.3 Å². The van der Waals surface area contributed by atoms with Gasteiger partial charge in [0.05, 0.1) is 5.75 Å². The maximum absolute atomic E-state index is 12.5. The van der Waals surface area contributed by atoms with Gasteiger partial charge in [-0.05, 0) is 48.5 Å². The minimum atomic E-state index is 0.0478. The van der Waals surface area contributed by atoms with Crippen molar-refractivity contribution in [2.75, 3.05) is 36.8 Å². The smallest absolute Gasteiger partial charge is 0.277 e. The highest BCUT2D eigenvalue weighted by molar-refractivity contribution is 7.99. The van der Waals surface area contributed by atoms with E-state index in [1.165, 1.54) is 11.8 Å². The lowest BCUT2D eigenvalue weighted by molar-refractivity contribution is -0.128. The zero-order chi connectivity index (χ0) is 20.2. The molecular weight excluding hydrogens is 412 g/mol. The molecule has 7 nitrogen and oxygen atoms in total. The average Bonchev–Trinajstić information content (AvgIpc) is 3.22. The van der Waals surface area contributed by atoms with Crippen molar-refractivity contribution in [2.24, 2.45) is 0 Å². The van der Waals surface area contributed by atoms with Crippen LogP contribution in [0.4, 0.5) is 5.69 Å². The van der Waals surface area contributed by atoms with Gasteiger partial charge in [0.2, 0.25) is 11.8 Å². The minimum absolute atomic E-state index is 0.0478. The summed E-state index contributed by atoms with van der Waals surface area (Å²) in [5, 5.41) is 18.4. The van der Waals surface area contributed by atoms with Crippen LogP contribution in [0.1, 0.15) is 0 Å². The third kappa shape index (κ3) is 4.83. The molecule has 0 saturated carbocycles. The van der Waals surface area contributed by atoms with Crippen LogP contribution < -0.4 is 4.90 Å². The van der Waals surface area contributed by atoms with Gasteiger partial charge in [-0.1, -0.05) is 23.4 Å². The molecule has 2 aromatic carbocycles. The van der Waals surface area contributed by atoms with E-state index in [-0.39, 0.29) is 17.4 Å². The van der Waals surface area contributed by atoms with Crippen LogP contribution in [0.5, 0.6) is 5.75 Å². The number of hydrogen-bond donors (Lipinski definition) is 1. The summed E-state index contributed by atoms with van der Waals surface area (Å²) in [5.74, 6) is 0.951. The molecule has 1 amide bonds.